The van der Waals surface area contributed by atoms with Gasteiger partial charge >= 0.3 is 0 Å². The number of methoxy groups -OCH3 is 1. The molecular formula is C26H30O. The second-order valence-electron chi connectivity index (χ2n) is 7.38. The molecule has 0 fully saturated rings. The number of rotatable bonds is 6. The first kappa shape index (κ1) is 19.3. The van der Waals surface area contributed by atoms with E-state index in [9.17, 15) is 0 Å². The highest BCUT2D eigenvalue weighted by molar-refractivity contribution is 5.43. The van der Waals surface area contributed by atoms with Gasteiger partial charge in [-0.15, -0.1) is 0 Å². The Labute approximate surface area is 164 Å². The zero-order chi connectivity index (χ0) is 18.9. The largest absolute Gasteiger partial charge is 0.497 e. The molecule has 27 heavy (non-hydrogen) atoms. The van der Waals surface area contributed by atoms with Crippen LogP contribution < -0.4 is 4.74 Å². The molecule has 2 aromatic carbocycles. The van der Waals surface area contributed by atoms with E-state index in [-0.39, 0.29) is 0 Å². The molecule has 0 heterocycles. The molecular weight excluding hydrogens is 328 g/mol. The van der Waals surface area contributed by atoms with E-state index in [4.69, 9.17) is 4.74 Å². The van der Waals surface area contributed by atoms with Crippen molar-refractivity contribution in [1.82, 2.24) is 0 Å². The van der Waals surface area contributed by atoms with Gasteiger partial charge in [0, 0.05) is 5.56 Å². The summed E-state index contributed by atoms with van der Waals surface area (Å²) < 4.78 is 5.19. The first-order chi connectivity index (χ1) is 13.3. The fourth-order valence-electron chi connectivity index (χ4n) is 3.61. The van der Waals surface area contributed by atoms with Gasteiger partial charge in [-0.25, -0.2) is 0 Å². The number of hydrogen-bond acceptors (Lipinski definition) is 1. The molecule has 1 heteroatoms. The molecule has 1 atom stereocenters. The van der Waals surface area contributed by atoms with Crippen molar-refractivity contribution in [2.24, 2.45) is 0 Å². The molecule has 0 bridgehead atoms. The van der Waals surface area contributed by atoms with Crippen LogP contribution in [0.1, 0.15) is 68.1 Å². The van der Waals surface area contributed by atoms with Crippen LogP contribution in [0.25, 0.3) is 0 Å². The average Bonchev–Trinajstić information content (AvgIpc) is 2.74. The van der Waals surface area contributed by atoms with Gasteiger partial charge in [-0.1, -0.05) is 61.9 Å². The summed E-state index contributed by atoms with van der Waals surface area (Å²) in [6.07, 6.45) is 10.8. The molecule has 0 N–H and O–H groups in total. The van der Waals surface area contributed by atoms with Crippen molar-refractivity contribution in [1.29, 1.82) is 0 Å². The van der Waals surface area contributed by atoms with Gasteiger partial charge in [-0.3, -0.25) is 0 Å². The summed E-state index contributed by atoms with van der Waals surface area (Å²) >= 11 is 0. The summed E-state index contributed by atoms with van der Waals surface area (Å²) in [7, 11) is 1.68. The molecule has 0 amide bonds. The Bertz CT molecular complexity index is 800. The predicted octanol–water partition coefficient (Wildman–Crippen LogP) is 6.67. The normalized spacial score (nSPS) is 16.2. The minimum absolute atomic E-state index is 0.640. The molecule has 3 rings (SSSR count). The summed E-state index contributed by atoms with van der Waals surface area (Å²) in [6.45, 7) is 2.26. The van der Waals surface area contributed by atoms with Gasteiger partial charge in [-0.2, -0.15) is 0 Å². The van der Waals surface area contributed by atoms with Gasteiger partial charge in [0.1, 0.15) is 5.75 Å². The standard InChI is InChI=1S/C26H30O/c1-3-4-5-6-21-9-15-24(16-10-21)25-17-11-22(12-18-25)7-8-23-13-19-26(27-2)20-14-23/h9-11,13-16,19-20,25H,3-6,12,17-18H2,1-2H3. The van der Waals surface area contributed by atoms with Gasteiger partial charge in [0.2, 0.25) is 0 Å². The van der Waals surface area contributed by atoms with Crippen LogP contribution in [0.15, 0.2) is 60.2 Å². The predicted molar refractivity (Wildman–Crippen MR) is 114 cm³/mol. The van der Waals surface area contributed by atoms with E-state index in [2.05, 4.69) is 49.1 Å². The molecule has 140 valence electrons. The lowest BCUT2D eigenvalue weighted by molar-refractivity contribution is 0.415. The topological polar surface area (TPSA) is 9.23 Å². The van der Waals surface area contributed by atoms with Crippen molar-refractivity contribution in [3.63, 3.8) is 0 Å². The number of benzene rings is 2. The zero-order valence-electron chi connectivity index (χ0n) is 16.6. The second-order valence-corrected chi connectivity index (χ2v) is 7.38. The van der Waals surface area contributed by atoms with Crippen LogP contribution in [0.3, 0.4) is 0 Å². The summed E-state index contributed by atoms with van der Waals surface area (Å²) in [5, 5.41) is 0. The van der Waals surface area contributed by atoms with Crippen LogP contribution in [-0.4, -0.2) is 7.11 Å². The highest BCUT2D eigenvalue weighted by atomic mass is 16.5. The van der Waals surface area contributed by atoms with Crippen molar-refractivity contribution < 1.29 is 4.74 Å². The molecule has 1 aliphatic carbocycles. The number of ether oxygens (including phenoxy) is 1. The maximum Gasteiger partial charge on any atom is 0.118 e. The van der Waals surface area contributed by atoms with Crippen LogP contribution >= 0.6 is 0 Å². The van der Waals surface area contributed by atoms with Crippen LogP contribution in [0.4, 0.5) is 0 Å². The smallest absolute Gasteiger partial charge is 0.118 e. The van der Waals surface area contributed by atoms with Gasteiger partial charge in [0.15, 0.2) is 0 Å². The third-order valence-corrected chi connectivity index (χ3v) is 5.39. The first-order valence-corrected chi connectivity index (χ1v) is 10.2. The number of hydrogen-bond donors (Lipinski definition) is 0. The molecule has 2 aromatic rings. The molecule has 1 nitrogen and oxygen atoms in total. The van der Waals surface area contributed by atoms with E-state index in [0.717, 1.165) is 24.2 Å². The molecule has 1 unspecified atom stereocenters. The molecule has 1 aliphatic rings. The third-order valence-electron chi connectivity index (χ3n) is 5.39. The maximum absolute atomic E-state index is 5.19. The minimum atomic E-state index is 0.640. The van der Waals surface area contributed by atoms with Crippen LogP contribution in [0.5, 0.6) is 5.75 Å². The molecule has 0 saturated carbocycles. The highest BCUT2D eigenvalue weighted by Gasteiger charge is 2.15. The Morgan fingerprint density at radius 3 is 2.37 bits per heavy atom. The van der Waals surface area contributed by atoms with Gasteiger partial charge in [-0.05, 0) is 79.0 Å². The van der Waals surface area contributed by atoms with Crippen LogP contribution in [0, 0.1) is 11.8 Å². The maximum atomic E-state index is 5.19. The van der Waals surface area contributed by atoms with Crippen LogP contribution in [-0.2, 0) is 6.42 Å². The second kappa shape index (κ2) is 10.0. The number of unbranched alkanes of at least 4 members (excludes halogenated alkanes) is 2. The van der Waals surface area contributed by atoms with E-state index >= 15 is 0 Å². The van der Waals surface area contributed by atoms with E-state index in [1.807, 2.05) is 24.3 Å². The monoisotopic (exact) mass is 358 g/mol. The fourth-order valence-corrected chi connectivity index (χ4v) is 3.61. The molecule has 0 spiro atoms. The third kappa shape index (κ3) is 5.76. The lowest BCUT2D eigenvalue weighted by Gasteiger charge is -2.20. The Kier molecular flexibility index (Phi) is 7.17. The lowest BCUT2D eigenvalue weighted by Crippen LogP contribution is -2.04. The Morgan fingerprint density at radius 1 is 0.963 bits per heavy atom. The van der Waals surface area contributed by atoms with E-state index < -0.39 is 0 Å². The van der Waals surface area contributed by atoms with Crippen molar-refractivity contribution >= 4 is 0 Å². The molecule has 0 saturated heterocycles. The molecule has 0 aliphatic heterocycles. The van der Waals surface area contributed by atoms with E-state index in [1.165, 1.54) is 48.8 Å². The summed E-state index contributed by atoms with van der Waals surface area (Å²) in [5.74, 6) is 8.15. The highest BCUT2D eigenvalue weighted by Crippen LogP contribution is 2.32. The minimum Gasteiger partial charge on any atom is -0.497 e. The van der Waals surface area contributed by atoms with Gasteiger partial charge < -0.3 is 4.74 Å². The summed E-state index contributed by atoms with van der Waals surface area (Å²) in [6, 6.07) is 17.3. The van der Waals surface area contributed by atoms with Crippen molar-refractivity contribution in [2.75, 3.05) is 7.11 Å². The van der Waals surface area contributed by atoms with Gasteiger partial charge in [0.25, 0.3) is 0 Å². The quantitative estimate of drug-likeness (QED) is 0.414. The number of aryl methyl sites for hydroxylation is 1. The van der Waals surface area contributed by atoms with E-state index in [1.54, 1.807) is 7.11 Å². The SMILES string of the molecule is CCCCCc1ccc(C2CC=C(C#Cc3ccc(OC)cc3)CC2)cc1. The zero-order valence-corrected chi connectivity index (χ0v) is 16.6. The Hall–Kier alpha value is -2.46. The van der Waals surface area contributed by atoms with Crippen molar-refractivity contribution in [3.8, 4) is 17.6 Å². The number of allylic oxidation sites excluding steroid dienone is 2. The van der Waals surface area contributed by atoms with Crippen molar-refractivity contribution in [2.45, 2.75) is 57.8 Å². The van der Waals surface area contributed by atoms with Gasteiger partial charge in [0.05, 0.1) is 7.11 Å². The first-order valence-electron chi connectivity index (χ1n) is 10.2. The lowest BCUT2D eigenvalue weighted by atomic mass is 9.84. The summed E-state index contributed by atoms with van der Waals surface area (Å²) in [4.78, 5) is 0. The Balaban J connectivity index is 1.55. The average molecular weight is 359 g/mol. The Morgan fingerprint density at radius 2 is 1.74 bits per heavy atom. The molecule has 0 radical (unpaired) electrons. The summed E-state index contributed by atoms with van der Waals surface area (Å²) in [5.41, 5.74) is 5.27. The van der Waals surface area contributed by atoms with E-state index in [0.29, 0.717) is 5.92 Å². The van der Waals surface area contributed by atoms with Crippen molar-refractivity contribution in [3.05, 3.63) is 76.9 Å². The molecule has 0 aromatic heterocycles. The fraction of sp³-hybridized carbons (Fsp3) is 0.385. The van der Waals surface area contributed by atoms with Crippen LogP contribution in [0.2, 0.25) is 0 Å².